The molecule has 0 saturated carbocycles. The van der Waals surface area contributed by atoms with Crippen molar-refractivity contribution in [3.63, 3.8) is 0 Å². The lowest BCUT2D eigenvalue weighted by Crippen LogP contribution is -2.19. The first-order chi connectivity index (χ1) is 8.74. The SMILES string of the molecule is Cc1ccc(C=NNC(=O)Cc2cccs2)cc1. The zero-order valence-electron chi connectivity index (χ0n) is 10.1. The lowest BCUT2D eigenvalue weighted by atomic mass is 10.2. The highest BCUT2D eigenvalue weighted by atomic mass is 32.1. The van der Waals surface area contributed by atoms with Crippen molar-refractivity contribution in [2.75, 3.05) is 0 Å². The lowest BCUT2D eigenvalue weighted by Gasteiger charge is -1.97. The van der Waals surface area contributed by atoms with Gasteiger partial charge < -0.3 is 0 Å². The number of nitrogens with zero attached hydrogens (tertiary/aromatic N) is 1. The Labute approximate surface area is 110 Å². The number of aryl methyl sites for hydroxylation is 1. The fourth-order valence-electron chi connectivity index (χ4n) is 1.44. The maximum Gasteiger partial charge on any atom is 0.245 e. The van der Waals surface area contributed by atoms with E-state index in [1.54, 1.807) is 17.6 Å². The van der Waals surface area contributed by atoms with Crippen molar-refractivity contribution < 1.29 is 4.79 Å². The van der Waals surface area contributed by atoms with Crippen LogP contribution < -0.4 is 5.43 Å². The Bertz CT molecular complexity index is 529. The highest BCUT2D eigenvalue weighted by Crippen LogP contribution is 2.08. The van der Waals surface area contributed by atoms with E-state index in [1.807, 2.05) is 48.7 Å². The van der Waals surface area contributed by atoms with E-state index in [1.165, 1.54) is 5.56 Å². The summed E-state index contributed by atoms with van der Waals surface area (Å²) in [5.41, 5.74) is 4.69. The van der Waals surface area contributed by atoms with Gasteiger partial charge in [0.15, 0.2) is 0 Å². The largest absolute Gasteiger partial charge is 0.273 e. The maximum absolute atomic E-state index is 11.5. The molecule has 2 aromatic rings. The van der Waals surface area contributed by atoms with Crippen LogP contribution in [0.4, 0.5) is 0 Å². The summed E-state index contributed by atoms with van der Waals surface area (Å²) in [4.78, 5) is 12.6. The Morgan fingerprint density at radius 1 is 1.33 bits per heavy atom. The molecule has 0 spiro atoms. The van der Waals surface area contributed by atoms with Gasteiger partial charge in [0, 0.05) is 4.88 Å². The molecule has 0 aliphatic heterocycles. The van der Waals surface area contributed by atoms with Crippen LogP contribution in [0.3, 0.4) is 0 Å². The van der Waals surface area contributed by atoms with E-state index in [9.17, 15) is 4.79 Å². The van der Waals surface area contributed by atoms with Crippen LogP contribution in [0.1, 0.15) is 16.0 Å². The average Bonchev–Trinajstić information content (AvgIpc) is 2.84. The van der Waals surface area contributed by atoms with Crippen LogP contribution in [0.5, 0.6) is 0 Å². The number of amides is 1. The summed E-state index contributed by atoms with van der Waals surface area (Å²) in [6, 6.07) is 11.8. The van der Waals surface area contributed by atoms with E-state index in [0.717, 1.165) is 10.4 Å². The summed E-state index contributed by atoms with van der Waals surface area (Å²) in [6.07, 6.45) is 2.02. The predicted octanol–water partition coefficient (Wildman–Crippen LogP) is 2.75. The van der Waals surface area contributed by atoms with Gasteiger partial charge in [-0.15, -0.1) is 11.3 Å². The molecule has 0 bridgehead atoms. The second kappa shape index (κ2) is 6.12. The van der Waals surface area contributed by atoms with Gasteiger partial charge in [0.05, 0.1) is 12.6 Å². The average molecular weight is 258 g/mol. The van der Waals surface area contributed by atoms with Crippen molar-refractivity contribution in [2.45, 2.75) is 13.3 Å². The minimum Gasteiger partial charge on any atom is -0.273 e. The van der Waals surface area contributed by atoms with Crippen LogP contribution in [0.25, 0.3) is 0 Å². The molecular formula is C14H14N2OS. The molecule has 0 radical (unpaired) electrons. The zero-order valence-corrected chi connectivity index (χ0v) is 10.9. The van der Waals surface area contributed by atoms with Gasteiger partial charge in [-0.1, -0.05) is 35.9 Å². The number of hydrogen-bond acceptors (Lipinski definition) is 3. The van der Waals surface area contributed by atoms with Gasteiger partial charge in [-0.05, 0) is 23.9 Å². The van der Waals surface area contributed by atoms with Crippen LogP contribution in [0.15, 0.2) is 46.9 Å². The second-order valence-electron chi connectivity index (χ2n) is 3.96. The van der Waals surface area contributed by atoms with Gasteiger partial charge >= 0.3 is 0 Å². The third-order valence-corrected chi connectivity index (χ3v) is 3.27. The molecule has 1 aromatic carbocycles. The molecule has 1 amide bonds. The zero-order chi connectivity index (χ0) is 12.8. The van der Waals surface area contributed by atoms with E-state index in [4.69, 9.17) is 0 Å². The van der Waals surface area contributed by atoms with Gasteiger partial charge in [-0.2, -0.15) is 5.10 Å². The van der Waals surface area contributed by atoms with E-state index in [-0.39, 0.29) is 5.91 Å². The summed E-state index contributed by atoms with van der Waals surface area (Å²) in [6.45, 7) is 2.03. The first-order valence-electron chi connectivity index (χ1n) is 5.65. The molecule has 1 aromatic heterocycles. The van der Waals surface area contributed by atoms with E-state index >= 15 is 0 Å². The monoisotopic (exact) mass is 258 g/mol. The Balaban J connectivity index is 1.84. The normalized spacial score (nSPS) is 10.7. The van der Waals surface area contributed by atoms with E-state index < -0.39 is 0 Å². The number of rotatable bonds is 4. The quantitative estimate of drug-likeness (QED) is 0.665. The molecule has 3 nitrogen and oxygen atoms in total. The third-order valence-electron chi connectivity index (χ3n) is 2.40. The van der Waals surface area contributed by atoms with Crippen LogP contribution >= 0.6 is 11.3 Å². The summed E-state index contributed by atoms with van der Waals surface area (Å²) >= 11 is 1.57. The maximum atomic E-state index is 11.5. The van der Waals surface area contributed by atoms with Crippen molar-refractivity contribution in [3.8, 4) is 0 Å². The molecule has 1 heterocycles. The number of nitrogens with one attached hydrogen (secondary N) is 1. The number of carbonyl (C=O) groups excluding carboxylic acids is 1. The fourth-order valence-corrected chi connectivity index (χ4v) is 2.15. The van der Waals surface area contributed by atoms with Crippen molar-refractivity contribution in [3.05, 3.63) is 57.8 Å². The molecule has 0 unspecified atom stereocenters. The fraction of sp³-hybridized carbons (Fsp3) is 0.143. The number of carbonyl (C=O) groups is 1. The molecule has 0 aliphatic rings. The van der Waals surface area contributed by atoms with E-state index in [0.29, 0.717) is 6.42 Å². The minimum atomic E-state index is -0.0965. The lowest BCUT2D eigenvalue weighted by molar-refractivity contribution is -0.120. The predicted molar refractivity (Wildman–Crippen MR) is 74.9 cm³/mol. The highest BCUT2D eigenvalue weighted by molar-refractivity contribution is 7.10. The molecule has 18 heavy (non-hydrogen) atoms. The summed E-state index contributed by atoms with van der Waals surface area (Å²) in [7, 11) is 0. The highest BCUT2D eigenvalue weighted by Gasteiger charge is 2.01. The van der Waals surface area contributed by atoms with Crippen molar-refractivity contribution >= 4 is 23.5 Å². The molecule has 1 N–H and O–H groups in total. The molecule has 0 fully saturated rings. The first-order valence-corrected chi connectivity index (χ1v) is 6.53. The summed E-state index contributed by atoms with van der Waals surface area (Å²) < 4.78 is 0. The van der Waals surface area contributed by atoms with Gasteiger partial charge in [0.1, 0.15) is 0 Å². The van der Waals surface area contributed by atoms with E-state index in [2.05, 4.69) is 10.5 Å². The van der Waals surface area contributed by atoms with Crippen LogP contribution in [-0.2, 0) is 11.2 Å². The Morgan fingerprint density at radius 2 is 2.11 bits per heavy atom. The molecule has 0 saturated heterocycles. The third kappa shape index (κ3) is 3.82. The topological polar surface area (TPSA) is 41.5 Å². The number of benzene rings is 1. The first kappa shape index (κ1) is 12.5. The van der Waals surface area contributed by atoms with Gasteiger partial charge in [-0.3, -0.25) is 4.79 Å². The standard InChI is InChI=1S/C14H14N2OS/c1-11-4-6-12(7-5-11)10-15-16-14(17)9-13-3-2-8-18-13/h2-8,10H,9H2,1H3,(H,16,17). The van der Waals surface area contributed by atoms with Crippen LogP contribution in [0.2, 0.25) is 0 Å². The van der Waals surface area contributed by atoms with Crippen molar-refractivity contribution in [1.29, 1.82) is 0 Å². The molecule has 2 rings (SSSR count). The molecule has 0 aliphatic carbocycles. The summed E-state index contributed by atoms with van der Waals surface area (Å²) in [5.74, 6) is -0.0965. The molecule has 4 heteroatoms. The number of hydrazone groups is 1. The molecule has 92 valence electrons. The van der Waals surface area contributed by atoms with Crippen molar-refractivity contribution in [1.82, 2.24) is 5.43 Å². The summed E-state index contributed by atoms with van der Waals surface area (Å²) in [5, 5.41) is 5.89. The van der Waals surface area contributed by atoms with Gasteiger partial charge in [-0.25, -0.2) is 5.43 Å². The Hall–Kier alpha value is -1.94. The van der Waals surface area contributed by atoms with Crippen molar-refractivity contribution in [2.24, 2.45) is 5.10 Å². The van der Waals surface area contributed by atoms with Gasteiger partial charge in [0.2, 0.25) is 5.91 Å². The van der Waals surface area contributed by atoms with Gasteiger partial charge in [0.25, 0.3) is 0 Å². The second-order valence-corrected chi connectivity index (χ2v) is 4.99. The number of thiophene rings is 1. The van der Waals surface area contributed by atoms with Crippen LogP contribution in [-0.4, -0.2) is 12.1 Å². The van der Waals surface area contributed by atoms with Crippen LogP contribution in [0, 0.1) is 6.92 Å². The smallest absolute Gasteiger partial charge is 0.245 e. The number of hydrogen-bond donors (Lipinski definition) is 1. The Kier molecular flexibility index (Phi) is 4.25. The Morgan fingerprint density at radius 3 is 2.78 bits per heavy atom. The molecular weight excluding hydrogens is 244 g/mol. The molecule has 0 atom stereocenters. The minimum absolute atomic E-state index is 0.0965.